The van der Waals surface area contributed by atoms with Gasteiger partial charge in [0.05, 0.1) is 11.2 Å². The molecule has 0 saturated carbocycles. The van der Waals surface area contributed by atoms with E-state index in [1.165, 1.54) is 12.1 Å². The van der Waals surface area contributed by atoms with Crippen molar-refractivity contribution in [3.63, 3.8) is 0 Å². The Kier molecular flexibility index (Phi) is 6.68. The first-order chi connectivity index (χ1) is 12.7. The number of nitrogens with one attached hydrogen (secondary N) is 1. The monoisotopic (exact) mass is 455 g/mol. The Labute approximate surface area is 175 Å². The van der Waals surface area contributed by atoms with Gasteiger partial charge < -0.3 is 19.4 Å². The Morgan fingerprint density at radius 2 is 1.79 bits per heavy atom. The summed E-state index contributed by atoms with van der Waals surface area (Å²) in [7, 11) is -0.679. The molecule has 1 aromatic carbocycles. The van der Waals surface area contributed by atoms with Crippen molar-refractivity contribution in [2.24, 2.45) is 0 Å². The van der Waals surface area contributed by atoms with E-state index in [1.54, 1.807) is 32.9 Å². The number of amides is 1. The standard InChI is InChI=1S/C20H28BBrFNO4/c1-18(2,3)26-17(25)24-12-14(8-13-9-15(22)11-16(23)10-13)21-27-19(4,5)20(6,7)28-21/h8-11H,12H2,1-7H3,(H,24,25). The van der Waals surface area contributed by atoms with Gasteiger partial charge in [0.1, 0.15) is 11.4 Å². The first-order valence-electron chi connectivity index (χ1n) is 9.18. The fraction of sp³-hybridized carbons (Fsp3) is 0.550. The summed E-state index contributed by atoms with van der Waals surface area (Å²) in [4.78, 5) is 12.1. The largest absolute Gasteiger partial charge is 0.492 e. The quantitative estimate of drug-likeness (QED) is 0.639. The minimum absolute atomic E-state index is 0.139. The molecule has 0 aliphatic carbocycles. The zero-order chi connectivity index (χ0) is 21.3. The SMILES string of the molecule is CC(C)(C)OC(=O)NCC(=Cc1cc(F)cc(Br)c1)B1OC(C)(C)C(C)(C)O1. The molecular formula is C20H28BBrFNO4. The van der Waals surface area contributed by atoms with Gasteiger partial charge in [-0.15, -0.1) is 0 Å². The Morgan fingerprint density at radius 1 is 1.21 bits per heavy atom. The lowest BCUT2D eigenvalue weighted by molar-refractivity contribution is 0.00578. The zero-order valence-corrected chi connectivity index (χ0v) is 19.1. The second kappa shape index (κ2) is 8.16. The molecule has 1 saturated heterocycles. The van der Waals surface area contributed by atoms with Gasteiger partial charge in [-0.25, -0.2) is 9.18 Å². The number of benzene rings is 1. The summed E-state index contributed by atoms with van der Waals surface area (Å²) in [5, 5.41) is 2.73. The second-order valence-electron chi connectivity index (χ2n) is 8.87. The Balaban J connectivity index is 2.28. The number of alkyl carbamates (subject to hydrolysis) is 1. The van der Waals surface area contributed by atoms with Crippen molar-refractivity contribution >= 4 is 35.2 Å². The second-order valence-corrected chi connectivity index (χ2v) is 9.78. The van der Waals surface area contributed by atoms with E-state index in [0.29, 0.717) is 15.5 Å². The average Bonchev–Trinajstić information content (AvgIpc) is 2.68. The van der Waals surface area contributed by atoms with Crippen molar-refractivity contribution in [1.29, 1.82) is 0 Å². The summed E-state index contributed by atoms with van der Waals surface area (Å²) in [6.45, 7) is 13.3. The maximum atomic E-state index is 13.8. The molecule has 5 nitrogen and oxygen atoms in total. The van der Waals surface area contributed by atoms with E-state index >= 15 is 0 Å². The molecule has 154 valence electrons. The van der Waals surface area contributed by atoms with Crippen LogP contribution in [0, 0.1) is 5.82 Å². The van der Waals surface area contributed by atoms with Crippen molar-refractivity contribution in [2.45, 2.75) is 65.3 Å². The molecule has 1 aliphatic rings. The summed E-state index contributed by atoms with van der Waals surface area (Å²) in [5.41, 5.74) is -0.396. The number of hydrogen-bond acceptors (Lipinski definition) is 4. The van der Waals surface area contributed by atoms with Crippen LogP contribution in [0.25, 0.3) is 6.08 Å². The van der Waals surface area contributed by atoms with Gasteiger partial charge >= 0.3 is 13.2 Å². The van der Waals surface area contributed by atoms with Crippen molar-refractivity contribution < 1.29 is 23.2 Å². The number of hydrogen-bond donors (Lipinski definition) is 1. The highest BCUT2D eigenvalue weighted by molar-refractivity contribution is 9.10. The average molecular weight is 456 g/mol. The summed E-state index contributed by atoms with van der Waals surface area (Å²) >= 11 is 3.30. The first-order valence-corrected chi connectivity index (χ1v) is 9.97. The van der Waals surface area contributed by atoms with E-state index < -0.39 is 30.0 Å². The highest BCUT2D eigenvalue weighted by Gasteiger charge is 2.52. The number of halogens is 2. The zero-order valence-electron chi connectivity index (χ0n) is 17.5. The van der Waals surface area contributed by atoms with Gasteiger partial charge in [0.2, 0.25) is 0 Å². The van der Waals surface area contributed by atoms with Gasteiger partial charge in [0.25, 0.3) is 0 Å². The topological polar surface area (TPSA) is 56.8 Å². The molecule has 1 aromatic rings. The normalized spacial score (nSPS) is 18.9. The van der Waals surface area contributed by atoms with Crippen LogP contribution in [0.15, 0.2) is 28.1 Å². The number of rotatable bonds is 4. The fourth-order valence-corrected chi connectivity index (χ4v) is 3.04. The minimum atomic E-state index is -0.679. The molecule has 0 radical (unpaired) electrons. The molecule has 28 heavy (non-hydrogen) atoms. The molecule has 0 atom stereocenters. The minimum Gasteiger partial charge on any atom is -0.444 e. The number of carbonyl (C=O) groups excluding carboxylic acids is 1. The van der Waals surface area contributed by atoms with Crippen molar-refractivity contribution in [2.75, 3.05) is 6.54 Å². The van der Waals surface area contributed by atoms with Gasteiger partial charge in [-0.1, -0.05) is 22.0 Å². The molecule has 1 N–H and O–H groups in total. The van der Waals surface area contributed by atoms with Crippen LogP contribution in [-0.4, -0.2) is 36.6 Å². The smallest absolute Gasteiger partial charge is 0.444 e. The van der Waals surface area contributed by atoms with E-state index in [9.17, 15) is 9.18 Å². The van der Waals surface area contributed by atoms with E-state index in [1.807, 2.05) is 27.7 Å². The molecule has 1 heterocycles. The molecule has 1 fully saturated rings. The molecule has 8 heteroatoms. The third-order valence-corrected chi connectivity index (χ3v) is 5.09. The van der Waals surface area contributed by atoms with Crippen LogP contribution in [0.2, 0.25) is 0 Å². The van der Waals surface area contributed by atoms with Crippen LogP contribution < -0.4 is 5.32 Å². The summed E-state index contributed by atoms with van der Waals surface area (Å²) < 4.78 is 31.9. The lowest BCUT2D eigenvalue weighted by atomic mass is 9.77. The summed E-state index contributed by atoms with van der Waals surface area (Å²) in [6, 6.07) is 4.57. The Bertz CT molecular complexity index is 738. The Hall–Kier alpha value is -1.38. The van der Waals surface area contributed by atoms with Gasteiger partial charge in [-0.3, -0.25) is 0 Å². The van der Waals surface area contributed by atoms with Crippen molar-refractivity contribution in [3.8, 4) is 0 Å². The van der Waals surface area contributed by atoms with Crippen LogP contribution in [0.5, 0.6) is 0 Å². The molecular weight excluding hydrogens is 428 g/mol. The molecule has 1 aliphatic heterocycles. The van der Waals surface area contributed by atoms with Crippen LogP contribution in [0.1, 0.15) is 54.0 Å². The lowest BCUT2D eigenvalue weighted by Gasteiger charge is -2.32. The molecule has 0 aromatic heterocycles. The maximum Gasteiger partial charge on any atom is 0.492 e. The highest BCUT2D eigenvalue weighted by Crippen LogP contribution is 2.38. The first kappa shape index (κ1) is 22.9. The van der Waals surface area contributed by atoms with E-state index in [2.05, 4.69) is 21.2 Å². The fourth-order valence-electron chi connectivity index (χ4n) is 2.56. The molecule has 0 spiro atoms. The van der Waals surface area contributed by atoms with Crippen molar-refractivity contribution in [3.05, 3.63) is 39.5 Å². The van der Waals surface area contributed by atoms with Gasteiger partial charge in [-0.2, -0.15) is 0 Å². The van der Waals surface area contributed by atoms with Crippen LogP contribution in [0.3, 0.4) is 0 Å². The predicted molar refractivity (Wildman–Crippen MR) is 112 cm³/mol. The van der Waals surface area contributed by atoms with Gasteiger partial charge in [-0.05, 0) is 77.7 Å². The van der Waals surface area contributed by atoms with Crippen molar-refractivity contribution in [1.82, 2.24) is 5.32 Å². The molecule has 0 bridgehead atoms. The van der Waals surface area contributed by atoms with E-state index in [4.69, 9.17) is 14.0 Å². The van der Waals surface area contributed by atoms with Crippen LogP contribution in [0.4, 0.5) is 9.18 Å². The summed E-state index contributed by atoms with van der Waals surface area (Å²) in [5.74, 6) is -0.367. The lowest BCUT2D eigenvalue weighted by Crippen LogP contribution is -2.41. The molecule has 0 unspecified atom stereocenters. The molecule has 1 amide bonds. The maximum absolute atomic E-state index is 13.8. The molecule has 2 rings (SSSR count). The van der Waals surface area contributed by atoms with Gasteiger partial charge in [0, 0.05) is 11.0 Å². The highest BCUT2D eigenvalue weighted by atomic mass is 79.9. The van der Waals surface area contributed by atoms with E-state index in [0.717, 1.165) is 0 Å². The number of ether oxygens (including phenoxy) is 1. The van der Waals surface area contributed by atoms with E-state index in [-0.39, 0.29) is 12.4 Å². The summed E-state index contributed by atoms with van der Waals surface area (Å²) in [6.07, 6.45) is 1.21. The Morgan fingerprint density at radius 3 is 2.29 bits per heavy atom. The third-order valence-electron chi connectivity index (χ3n) is 4.63. The van der Waals surface area contributed by atoms with Gasteiger partial charge in [0.15, 0.2) is 0 Å². The third kappa shape index (κ3) is 6.06. The van der Waals surface area contributed by atoms with Crippen LogP contribution in [-0.2, 0) is 14.0 Å². The van der Waals surface area contributed by atoms with Crippen LogP contribution >= 0.6 is 15.9 Å². The predicted octanol–water partition coefficient (Wildman–Crippen LogP) is 5.13. The number of carbonyl (C=O) groups is 1.